The number of aromatic nitrogens is 3. The van der Waals surface area contributed by atoms with E-state index in [1.165, 1.54) is 0 Å². The SMILES string of the molecule is Nc1nc(N2CCN(c3ccc(O)cc3)CC2)nc2c1ccn2C1CCNCC1. The van der Waals surface area contributed by atoms with Gasteiger partial charge in [-0.25, -0.2) is 0 Å². The fourth-order valence-corrected chi connectivity index (χ4v) is 4.39. The van der Waals surface area contributed by atoms with E-state index in [4.69, 9.17) is 10.7 Å². The Morgan fingerprint density at radius 3 is 2.34 bits per heavy atom. The number of nitrogens with one attached hydrogen (secondary N) is 1. The van der Waals surface area contributed by atoms with Crippen molar-refractivity contribution in [3.8, 4) is 5.75 Å². The van der Waals surface area contributed by atoms with Gasteiger partial charge in [0.15, 0.2) is 0 Å². The zero-order valence-electron chi connectivity index (χ0n) is 16.5. The van der Waals surface area contributed by atoms with E-state index >= 15 is 0 Å². The van der Waals surface area contributed by atoms with Gasteiger partial charge in [-0.05, 0) is 56.3 Å². The lowest BCUT2D eigenvalue weighted by Gasteiger charge is -2.36. The van der Waals surface area contributed by atoms with Gasteiger partial charge in [-0.2, -0.15) is 9.97 Å². The Hall–Kier alpha value is -3.00. The molecule has 2 aliphatic heterocycles. The number of hydrogen-bond donors (Lipinski definition) is 3. The quantitative estimate of drug-likeness (QED) is 0.626. The third kappa shape index (κ3) is 3.44. The molecule has 0 saturated carbocycles. The third-order valence-electron chi connectivity index (χ3n) is 6.07. The Morgan fingerprint density at radius 1 is 0.931 bits per heavy atom. The topological polar surface area (TPSA) is 95.5 Å². The van der Waals surface area contributed by atoms with Crippen LogP contribution in [0.2, 0.25) is 0 Å². The van der Waals surface area contributed by atoms with E-state index in [9.17, 15) is 5.11 Å². The number of piperidine rings is 1. The highest BCUT2D eigenvalue weighted by atomic mass is 16.3. The Bertz CT molecular complexity index is 986. The molecule has 4 heterocycles. The van der Waals surface area contributed by atoms with E-state index in [0.717, 1.165) is 68.8 Å². The van der Waals surface area contributed by atoms with Crippen LogP contribution in [-0.2, 0) is 0 Å². The summed E-state index contributed by atoms with van der Waals surface area (Å²) in [5, 5.41) is 13.9. The minimum Gasteiger partial charge on any atom is -0.508 e. The number of anilines is 3. The van der Waals surface area contributed by atoms with Crippen molar-refractivity contribution in [2.75, 3.05) is 54.8 Å². The number of nitrogen functional groups attached to an aromatic ring is 1. The van der Waals surface area contributed by atoms with E-state index in [2.05, 4.69) is 30.9 Å². The van der Waals surface area contributed by atoms with Crippen molar-refractivity contribution in [3.05, 3.63) is 36.5 Å². The Kier molecular flexibility index (Phi) is 4.63. The van der Waals surface area contributed by atoms with Crippen molar-refractivity contribution in [2.45, 2.75) is 18.9 Å². The van der Waals surface area contributed by atoms with E-state index in [-0.39, 0.29) is 0 Å². The van der Waals surface area contributed by atoms with Gasteiger partial charge in [0.2, 0.25) is 5.95 Å². The second-order valence-corrected chi connectivity index (χ2v) is 7.84. The molecule has 2 saturated heterocycles. The Labute approximate surface area is 170 Å². The van der Waals surface area contributed by atoms with Crippen LogP contribution >= 0.6 is 0 Å². The fourth-order valence-electron chi connectivity index (χ4n) is 4.39. The number of fused-ring (bicyclic) bond motifs is 1. The lowest BCUT2D eigenvalue weighted by atomic mass is 10.1. The second-order valence-electron chi connectivity index (χ2n) is 7.84. The first-order valence-corrected chi connectivity index (χ1v) is 10.3. The molecule has 2 fully saturated rings. The maximum absolute atomic E-state index is 9.50. The molecule has 8 heteroatoms. The molecule has 0 atom stereocenters. The highest BCUT2D eigenvalue weighted by molar-refractivity contribution is 5.87. The first kappa shape index (κ1) is 18.1. The van der Waals surface area contributed by atoms with Gasteiger partial charge in [0.05, 0.1) is 5.39 Å². The molecule has 0 bridgehead atoms. The van der Waals surface area contributed by atoms with Crippen LogP contribution in [0.1, 0.15) is 18.9 Å². The van der Waals surface area contributed by atoms with Crippen LogP contribution in [0.25, 0.3) is 11.0 Å². The van der Waals surface area contributed by atoms with E-state index in [0.29, 0.717) is 23.6 Å². The summed E-state index contributed by atoms with van der Waals surface area (Å²) < 4.78 is 2.28. The molecule has 0 aliphatic carbocycles. The van der Waals surface area contributed by atoms with Crippen molar-refractivity contribution in [1.82, 2.24) is 19.9 Å². The van der Waals surface area contributed by atoms with Crippen LogP contribution < -0.4 is 20.9 Å². The number of hydrogen-bond acceptors (Lipinski definition) is 7. The van der Waals surface area contributed by atoms with Crippen molar-refractivity contribution >= 4 is 28.5 Å². The molecule has 152 valence electrons. The molecule has 0 unspecified atom stereocenters. The van der Waals surface area contributed by atoms with Gasteiger partial charge in [-0.1, -0.05) is 0 Å². The second kappa shape index (κ2) is 7.44. The average molecular weight is 393 g/mol. The van der Waals surface area contributed by atoms with Crippen molar-refractivity contribution in [2.24, 2.45) is 0 Å². The van der Waals surface area contributed by atoms with Crippen LogP contribution in [0.15, 0.2) is 36.5 Å². The minimum atomic E-state index is 0.293. The average Bonchev–Trinajstić information content (AvgIpc) is 3.20. The summed E-state index contributed by atoms with van der Waals surface area (Å²) in [5.41, 5.74) is 8.37. The highest BCUT2D eigenvalue weighted by Crippen LogP contribution is 2.29. The summed E-state index contributed by atoms with van der Waals surface area (Å²) in [7, 11) is 0. The lowest BCUT2D eigenvalue weighted by molar-refractivity contribution is 0.375. The number of phenols is 1. The maximum atomic E-state index is 9.50. The van der Waals surface area contributed by atoms with Gasteiger partial charge in [0.25, 0.3) is 0 Å². The van der Waals surface area contributed by atoms with Gasteiger partial charge in [-0.3, -0.25) is 0 Å². The first-order valence-electron chi connectivity index (χ1n) is 10.3. The predicted octanol–water partition coefficient (Wildman–Crippen LogP) is 1.97. The van der Waals surface area contributed by atoms with Crippen LogP contribution in [0.4, 0.5) is 17.5 Å². The molecule has 2 aliphatic rings. The molecule has 0 amide bonds. The number of aromatic hydroxyl groups is 1. The van der Waals surface area contributed by atoms with Gasteiger partial charge in [0.1, 0.15) is 17.2 Å². The summed E-state index contributed by atoms with van der Waals surface area (Å²) >= 11 is 0. The molecule has 29 heavy (non-hydrogen) atoms. The predicted molar refractivity (Wildman–Crippen MR) is 116 cm³/mol. The van der Waals surface area contributed by atoms with Gasteiger partial charge in [0, 0.05) is 44.1 Å². The molecular weight excluding hydrogens is 366 g/mol. The third-order valence-corrected chi connectivity index (χ3v) is 6.07. The molecule has 0 radical (unpaired) electrons. The molecule has 3 aromatic rings. The Morgan fingerprint density at radius 2 is 1.62 bits per heavy atom. The van der Waals surface area contributed by atoms with Crippen LogP contribution in [0, 0.1) is 0 Å². The van der Waals surface area contributed by atoms with Crippen LogP contribution in [0.3, 0.4) is 0 Å². The minimum absolute atomic E-state index is 0.293. The molecule has 1 aromatic carbocycles. The van der Waals surface area contributed by atoms with E-state index in [1.54, 1.807) is 12.1 Å². The van der Waals surface area contributed by atoms with Crippen LogP contribution in [0.5, 0.6) is 5.75 Å². The molecule has 4 N–H and O–H groups in total. The summed E-state index contributed by atoms with van der Waals surface area (Å²) in [4.78, 5) is 14.1. The molecule has 2 aromatic heterocycles. The molecular formula is C21H27N7O. The maximum Gasteiger partial charge on any atom is 0.229 e. The number of phenolic OH excluding ortho intramolecular Hbond substituents is 1. The number of nitrogens with two attached hydrogens (primary N) is 1. The molecule has 8 nitrogen and oxygen atoms in total. The number of rotatable bonds is 3. The van der Waals surface area contributed by atoms with Gasteiger partial charge >= 0.3 is 0 Å². The van der Waals surface area contributed by atoms with E-state index in [1.807, 2.05) is 18.2 Å². The first-order chi connectivity index (χ1) is 14.2. The van der Waals surface area contributed by atoms with Crippen molar-refractivity contribution < 1.29 is 5.11 Å². The van der Waals surface area contributed by atoms with E-state index < -0.39 is 0 Å². The smallest absolute Gasteiger partial charge is 0.229 e. The fraction of sp³-hybridized carbons (Fsp3) is 0.429. The number of benzene rings is 1. The summed E-state index contributed by atoms with van der Waals surface area (Å²) in [5.74, 6) is 1.56. The highest BCUT2D eigenvalue weighted by Gasteiger charge is 2.23. The zero-order chi connectivity index (χ0) is 19.8. The van der Waals surface area contributed by atoms with Crippen LogP contribution in [-0.4, -0.2) is 58.9 Å². The lowest BCUT2D eigenvalue weighted by Crippen LogP contribution is -2.47. The summed E-state index contributed by atoms with van der Waals surface area (Å²) in [6.45, 7) is 5.50. The number of nitrogens with zero attached hydrogens (tertiary/aromatic N) is 5. The molecule has 0 spiro atoms. The largest absolute Gasteiger partial charge is 0.508 e. The van der Waals surface area contributed by atoms with Crippen molar-refractivity contribution in [3.63, 3.8) is 0 Å². The summed E-state index contributed by atoms with van der Waals surface area (Å²) in [6, 6.07) is 9.87. The standard InChI is InChI=1S/C21H27N7O/c22-19-18-7-10-28(16-5-8-23-9-6-16)20(18)25-21(24-19)27-13-11-26(12-14-27)15-1-3-17(29)4-2-15/h1-4,7,10,16,23,29H,5-6,8-9,11-14H2,(H2,22,24,25). The molecule has 5 rings (SSSR count). The van der Waals surface area contributed by atoms with Gasteiger partial charge < -0.3 is 30.5 Å². The summed E-state index contributed by atoms with van der Waals surface area (Å²) in [6.07, 6.45) is 4.32. The number of piperazine rings is 1. The normalized spacial score (nSPS) is 18.5. The Balaban J connectivity index is 1.37. The van der Waals surface area contributed by atoms with Gasteiger partial charge in [-0.15, -0.1) is 0 Å². The van der Waals surface area contributed by atoms with Crippen molar-refractivity contribution in [1.29, 1.82) is 0 Å². The monoisotopic (exact) mass is 393 g/mol. The zero-order valence-corrected chi connectivity index (χ0v) is 16.5.